The predicted molar refractivity (Wildman–Crippen MR) is 109 cm³/mol. The topological polar surface area (TPSA) is 45.7 Å². The quantitative estimate of drug-likeness (QED) is 0.412. The monoisotopic (exact) mass is 455 g/mol. The summed E-state index contributed by atoms with van der Waals surface area (Å²) in [5.41, 5.74) is 2.09. The second-order valence-electron chi connectivity index (χ2n) is 5.76. The van der Waals surface area contributed by atoms with Crippen LogP contribution < -0.4 is 15.4 Å². The Bertz CT molecular complexity index is 698. The van der Waals surface area contributed by atoms with Crippen LogP contribution in [-0.2, 0) is 13.0 Å². The third-order valence-electron chi connectivity index (χ3n) is 3.86. The van der Waals surface area contributed by atoms with Gasteiger partial charge in [-0.15, -0.1) is 24.0 Å². The summed E-state index contributed by atoms with van der Waals surface area (Å²) in [6.07, 6.45) is 0.993. The number of fused-ring (bicyclic) bond motifs is 1. The number of benzene rings is 2. The minimum Gasteiger partial charge on any atom is -0.488 e. The number of nitrogens with zero attached hydrogens (tertiary/aromatic N) is 1. The van der Waals surface area contributed by atoms with Gasteiger partial charge >= 0.3 is 0 Å². The zero-order valence-corrected chi connectivity index (χ0v) is 16.5. The molecule has 1 aliphatic rings. The summed E-state index contributed by atoms with van der Waals surface area (Å²) in [5.74, 6) is 1.44. The molecule has 3 rings (SSSR count). The number of ether oxygens (including phenoxy) is 1. The Morgan fingerprint density at radius 2 is 2.04 bits per heavy atom. The van der Waals surface area contributed by atoms with E-state index in [2.05, 4.69) is 21.7 Å². The highest BCUT2D eigenvalue weighted by atomic mass is 127. The fourth-order valence-corrected chi connectivity index (χ4v) is 2.73. The lowest BCUT2D eigenvalue weighted by Gasteiger charge is -2.15. The van der Waals surface area contributed by atoms with Crippen molar-refractivity contribution in [3.63, 3.8) is 0 Å². The first-order valence-electron chi connectivity index (χ1n) is 8.26. The third-order valence-corrected chi connectivity index (χ3v) is 3.86. The van der Waals surface area contributed by atoms with Crippen molar-refractivity contribution in [2.75, 3.05) is 13.1 Å². The van der Waals surface area contributed by atoms with E-state index in [1.54, 1.807) is 6.07 Å². The number of para-hydroxylation sites is 1. The molecule has 0 amide bonds. The van der Waals surface area contributed by atoms with Gasteiger partial charge in [-0.25, -0.2) is 9.38 Å². The van der Waals surface area contributed by atoms with E-state index in [1.165, 1.54) is 17.7 Å². The molecule has 0 aromatic heterocycles. The van der Waals surface area contributed by atoms with Crippen molar-refractivity contribution in [3.8, 4) is 5.75 Å². The molecule has 0 radical (unpaired) electrons. The van der Waals surface area contributed by atoms with Crippen LogP contribution >= 0.6 is 24.0 Å². The molecule has 25 heavy (non-hydrogen) atoms. The lowest BCUT2D eigenvalue weighted by molar-refractivity contribution is 0.235. The van der Waals surface area contributed by atoms with Crippen LogP contribution in [-0.4, -0.2) is 25.2 Å². The average Bonchev–Trinajstić information content (AvgIpc) is 3.00. The molecular formula is C19H23FIN3O. The molecule has 0 fully saturated rings. The van der Waals surface area contributed by atoms with E-state index in [-0.39, 0.29) is 35.9 Å². The fourth-order valence-electron chi connectivity index (χ4n) is 2.73. The molecule has 6 heteroatoms. The zero-order valence-electron chi connectivity index (χ0n) is 14.2. The molecule has 2 aromatic carbocycles. The summed E-state index contributed by atoms with van der Waals surface area (Å²) in [5, 5.41) is 6.50. The maximum atomic E-state index is 13.2. The Labute approximate surface area is 164 Å². The number of guanidine groups is 1. The molecule has 1 heterocycles. The molecule has 134 valence electrons. The van der Waals surface area contributed by atoms with E-state index in [1.807, 2.05) is 31.2 Å². The van der Waals surface area contributed by atoms with Crippen molar-refractivity contribution in [2.24, 2.45) is 4.99 Å². The van der Waals surface area contributed by atoms with Crippen LogP contribution in [0.1, 0.15) is 18.1 Å². The second-order valence-corrected chi connectivity index (χ2v) is 5.76. The largest absolute Gasteiger partial charge is 0.488 e. The first-order chi connectivity index (χ1) is 11.7. The van der Waals surface area contributed by atoms with E-state index in [9.17, 15) is 4.39 Å². The average molecular weight is 455 g/mol. The molecule has 0 aliphatic carbocycles. The smallest absolute Gasteiger partial charge is 0.191 e. The zero-order chi connectivity index (χ0) is 16.8. The van der Waals surface area contributed by atoms with Crippen LogP contribution in [0.25, 0.3) is 0 Å². The van der Waals surface area contributed by atoms with Gasteiger partial charge in [0.15, 0.2) is 5.96 Å². The van der Waals surface area contributed by atoms with Crippen molar-refractivity contribution < 1.29 is 9.13 Å². The summed E-state index contributed by atoms with van der Waals surface area (Å²) in [7, 11) is 0. The molecule has 2 N–H and O–H groups in total. The first-order valence-corrected chi connectivity index (χ1v) is 8.26. The van der Waals surface area contributed by atoms with Gasteiger partial charge in [-0.1, -0.05) is 30.3 Å². The number of rotatable bonds is 5. The van der Waals surface area contributed by atoms with Crippen molar-refractivity contribution in [3.05, 3.63) is 65.5 Å². The minimum atomic E-state index is -0.238. The second kappa shape index (κ2) is 9.60. The number of hydrogen-bond donors (Lipinski definition) is 2. The summed E-state index contributed by atoms with van der Waals surface area (Å²) in [4.78, 5) is 4.51. The molecule has 0 saturated heterocycles. The maximum absolute atomic E-state index is 13.2. The SMILES string of the molecule is CCNC(=NCc1cccc(F)c1)NCC1Cc2ccccc2O1.I. The van der Waals surface area contributed by atoms with E-state index in [4.69, 9.17) is 4.74 Å². The molecule has 2 aromatic rings. The summed E-state index contributed by atoms with van der Waals surface area (Å²) in [6.45, 7) is 3.88. The van der Waals surface area contributed by atoms with Crippen molar-refractivity contribution in [1.29, 1.82) is 0 Å². The summed E-state index contributed by atoms with van der Waals surface area (Å²) < 4.78 is 19.1. The molecule has 0 spiro atoms. The van der Waals surface area contributed by atoms with E-state index < -0.39 is 0 Å². The molecular weight excluding hydrogens is 432 g/mol. The standard InChI is InChI=1S/C19H22FN3O.HI/c1-2-21-19(22-12-14-6-5-8-16(20)10-14)23-13-17-11-15-7-3-4-9-18(15)24-17;/h3-10,17H,2,11-13H2,1H3,(H2,21,22,23);1H. The van der Waals surface area contributed by atoms with Gasteiger partial charge in [-0.05, 0) is 36.2 Å². The van der Waals surface area contributed by atoms with Crippen LogP contribution in [0.3, 0.4) is 0 Å². The Balaban J connectivity index is 0.00000225. The van der Waals surface area contributed by atoms with Gasteiger partial charge in [-0.2, -0.15) is 0 Å². The highest BCUT2D eigenvalue weighted by Gasteiger charge is 2.22. The summed E-state index contributed by atoms with van der Waals surface area (Å²) in [6, 6.07) is 14.6. The van der Waals surface area contributed by atoms with E-state index >= 15 is 0 Å². The molecule has 4 nitrogen and oxygen atoms in total. The van der Waals surface area contributed by atoms with Gasteiger partial charge in [-0.3, -0.25) is 0 Å². The van der Waals surface area contributed by atoms with Crippen molar-refractivity contribution >= 4 is 29.9 Å². The van der Waals surface area contributed by atoms with Crippen LogP contribution in [0.5, 0.6) is 5.75 Å². The number of aliphatic imine (C=N–C) groups is 1. The number of nitrogens with one attached hydrogen (secondary N) is 2. The predicted octanol–water partition coefficient (Wildman–Crippen LogP) is 3.50. The molecule has 1 aliphatic heterocycles. The molecule has 0 bridgehead atoms. The lowest BCUT2D eigenvalue weighted by atomic mass is 10.1. The first kappa shape index (κ1) is 19.5. The Hall–Kier alpha value is -1.83. The van der Waals surface area contributed by atoms with Crippen molar-refractivity contribution in [2.45, 2.75) is 26.0 Å². The molecule has 0 saturated carbocycles. The molecule has 1 atom stereocenters. The minimum absolute atomic E-state index is 0. The van der Waals surface area contributed by atoms with Crippen LogP contribution in [0, 0.1) is 5.82 Å². The number of hydrogen-bond acceptors (Lipinski definition) is 2. The number of halogens is 2. The highest BCUT2D eigenvalue weighted by molar-refractivity contribution is 14.0. The van der Waals surface area contributed by atoms with Crippen LogP contribution in [0.2, 0.25) is 0 Å². The van der Waals surface area contributed by atoms with Crippen LogP contribution in [0.15, 0.2) is 53.5 Å². The van der Waals surface area contributed by atoms with Crippen molar-refractivity contribution in [1.82, 2.24) is 10.6 Å². The van der Waals surface area contributed by atoms with Gasteiger partial charge in [0.1, 0.15) is 17.7 Å². The van der Waals surface area contributed by atoms with Gasteiger partial charge in [0.05, 0.1) is 13.1 Å². The maximum Gasteiger partial charge on any atom is 0.191 e. The lowest BCUT2D eigenvalue weighted by Crippen LogP contribution is -2.42. The Kier molecular flexibility index (Phi) is 7.49. The van der Waals surface area contributed by atoms with E-state index in [0.717, 1.165) is 24.3 Å². The van der Waals surface area contributed by atoms with E-state index in [0.29, 0.717) is 19.0 Å². The molecule has 1 unspecified atom stereocenters. The highest BCUT2D eigenvalue weighted by Crippen LogP contribution is 2.27. The Morgan fingerprint density at radius 3 is 2.80 bits per heavy atom. The van der Waals surface area contributed by atoms with Gasteiger partial charge in [0.25, 0.3) is 0 Å². The normalized spacial score (nSPS) is 15.8. The fraction of sp³-hybridized carbons (Fsp3) is 0.316. The Morgan fingerprint density at radius 1 is 1.20 bits per heavy atom. The third kappa shape index (κ3) is 5.59. The van der Waals surface area contributed by atoms with Gasteiger partial charge in [0, 0.05) is 13.0 Å². The van der Waals surface area contributed by atoms with Gasteiger partial charge in [0.2, 0.25) is 0 Å². The summed E-state index contributed by atoms with van der Waals surface area (Å²) >= 11 is 0. The van der Waals surface area contributed by atoms with Gasteiger partial charge < -0.3 is 15.4 Å². The van der Waals surface area contributed by atoms with Crippen LogP contribution in [0.4, 0.5) is 4.39 Å².